The molecule has 4 aromatic rings. The van der Waals surface area contributed by atoms with Gasteiger partial charge in [0.1, 0.15) is 10.8 Å². The van der Waals surface area contributed by atoms with E-state index in [0.29, 0.717) is 12.5 Å². The highest BCUT2D eigenvalue weighted by atomic mass is 32.2. The molecule has 1 amide bonds. The number of hydrogen-bond donors (Lipinski definition) is 1. The number of halogens is 1. The summed E-state index contributed by atoms with van der Waals surface area (Å²) in [6, 6.07) is 22.5. The maximum absolute atomic E-state index is 13.1. The molecule has 5 nitrogen and oxygen atoms in total. The van der Waals surface area contributed by atoms with E-state index in [4.69, 9.17) is 9.97 Å². The third kappa shape index (κ3) is 4.98. The Morgan fingerprint density at radius 3 is 2.58 bits per heavy atom. The molecule has 0 aliphatic carbocycles. The lowest BCUT2D eigenvalue weighted by Gasteiger charge is -2.29. The van der Waals surface area contributed by atoms with Crippen molar-refractivity contribution in [1.82, 2.24) is 15.3 Å². The lowest BCUT2D eigenvalue weighted by molar-refractivity contribution is -0.118. The smallest absolute Gasteiger partial charge is 0.230 e. The van der Waals surface area contributed by atoms with Crippen molar-refractivity contribution in [3.05, 3.63) is 95.3 Å². The fourth-order valence-electron chi connectivity index (χ4n) is 3.94. The number of nitrogens with zero attached hydrogens (tertiary/aromatic N) is 3. The molecule has 166 valence electrons. The van der Waals surface area contributed by atoms with Crippen LogP contribution in [-0.4, -0.2) is 28.2 Å². The number of benzene rings is 3. The van der Waals surface area contributed by atoms with Crippen LogP contribution in [0.25, 0.3) is 10.9 Å². The SMILES string of the molecule is O=C(CSc1nc(N2CCc3ccccc3C2)nc2ccccc12)NCc1ccc(F)cc1. The molecular formula is C26H23FN4OS. The standard InChI is InChI=1S/C26H23FN4OS/c27-21-11-9-18(10-12-21)15-28-24(32)17-33-25-22-7-3-4-8-23(22)29-26(30-25)31-14-13-19-5-1-2-6-20(19)16-31/h1-12H,13-17H2,(H,28,32). The summed E-state index contributed by atoms with van der Waals surface area (Å²) in [4.78, 5) is 24.3. The van der Waals surface area contributed by atoms with Crippen LogP contribution in [0.3, 0.4) is 0 Å². The minimum atomic E-state index is -0.288. The summed E-state index contributed by atoms with van der Waals surface area (Å²) < 4.78 is 13.1. The van der Waals surface area contributed by atoms with Crippen LogP contribution in [0.4, 0.5) is 10.3 Å². The lowest BCUT2D eigenvalue weighted by atomic mass is 10.0. The van der Waals surface area contributed by atoms with Crippen LogP contribution >= 0.6 is 11.8 Å². The second-order valence-electron chi connectivity index (χ2n) is 7.98. The van der Waals surface area contributed by atoms with Gasteiger partial charge in [-0.2, -0.15) is 0 Å². The molecule has 0 bridgehead atoms. The van der Waals surface area contributed by atoms with Crippen LogP contribution in [-0.2, 0) is 24.3 Å². The molecule has 1 aliphatic heterocycles. The van der Waals surface area contributed by atoms with Gasteiger partial charge in [0.05, 0.1) is 11.3 Å². The summed E-state index contributed by atoms with van der Waals surface area (Å²) in [6.45, 7) is 2.00. The fraction of sp³-hybridized carbons (Fsp3) is 0.192. The van der Waals surface area contributed by atoms with Gasteiger partial charge in [-0.1, -0.05) is 66.4 Å². The molecule has 33 heavy (non-hydrogen) atoms. The number of amides is 1. The van der Waals surface area contributed by atoms with Gasteiger partial charge in [-0.15, -0.1) is 0 Å². The molecule has 2 heterocycles. The third-order valence-corrected chi connectivity index (χ3v) is 6.70. The summed E-state index contributed by atoms with van der Waals surface area (Å²) in [5, 5.41) is 4.63. The number of hydrogen-bond acceptors (Lipinski definition) is 5. The number of anilines is 1. The highest BCUT2D eigenvalue weighted by molar-refractivity contribution is 8.00. The average molecular weight is 459 g/mol. The quantitative estimate of drug-likeness (QED) is 0.334. The molecule has 0 fully saturated rings. The largest absolute Gasteiger partial charge is 0.351 e. The molecule has 0 atom stereocenters. The Labute approximate surface area is 196 Å². The van der Waals surface area contributed by atoms with Crippen molar-refractivity contribution in [2.24, 2.45) is 0 Å². The van der Waals surface area contributed by atoms with Crippen LogP contribution in [0, 0.1) is 5.82 Å². The average Bonchev–Trinajstić information content (AvgIpc) is 2.86. The second-order valence-corrected chi connectivity index (χ2v) is 8.94. The molecular weight excluding hydrogens is 435 g/mol. The number of rotatable bonds is 6. The zero-order chi connectivity index (χ0) is 22.6. The van der Waals surface area contributed by atoms with Crippen molar-refractivity contribution in [3.63, 3.8) is 0 Å². The summed E-state index contributed by atoms with van der Waals surface area (Å²) in [7, 11) is 0. The van der Waals surface area contributed by atoms with E-state index >= 15 is 0 Å². The monoisotopic (exact) mass is 458 g/mol. The molecule has 0 saturated heterocycles. The molecule has 0 unspecified atom stereocenters. The molecule has 5 rings (SSSR count). The molecule has 0 spiro atoms. The van der Waals surface area contributed by atoms with Crippen molar-refractivity contribution in [2.75, 3.05) is 17.2 Å². The van der Waals surface area contributed by atoms with Gasteiger partial charge in [0.15, 0.2) is 0 Å². The predicted molar refractivity (Wildman–Crippen MR) is 130 cm³/mol. The number of thioether (sulfide) groups is 1. The van der Waals surface area contributed by atoms with E-state index in [1.165, 1.54) is 35.0 Å². The normalized spacial score (nSPS) is 13.1. The van der Waals surface area contributed by atoms with Gasteiger partial charge in [-0.25, -0.2) is 14.4 Å². The first-order valence-corrected chi connectivity index (χ1v) is 11.9. The van der Waals surface area contributed by atoms with Gasteiger partial charge in [-0.05, 0) is 41.3 Å². The first kappa shape index (κ1) is 21.4. The topological polar surface area (TPSA) is 58.1 Å². The van der Waals surface area contributed by atoms with Crippen LogP contribution in [0.1, 0.15) is 16.7 Å². The molecule has 7 heteroatoms. The molecule has 1 N–H and O–H groups in total. The Hall–Kier alpha value is -3.45. The predicted octanol–water partition coefficient (Wildman–Crippen LogP) is 4.74. The van der Waals surface area contributed by atoms with Gasteiger partial charge in [-0.3, -0.25) is 4.79 Å². The van der Waals surface area contributed by atoms with E-state index in [2.05, 4.69) is 34.5 Å². The van der Waals surface area contributed by atoms with E-state index in [1.807, 2.05) is 24.3 Å². The first-order valence-electron chi connectivity index (χ1n) is 10.9. The number of fused-ring (bicyclic) bond motifs is 2. The third-order valence-electron chi connectivity index (χ3n) is 5.71. The Morgan fingerprint density at radius 2 is 1.73 bits per heavy atom. The van der Waals surface area contributed by atoms with Gasteiger partial charge in [0.25, 0.3) is 0 Å². The zero-order valence-corrected chi connectivity index (χ0v) is 18.8. The second kappa shape index (κ2) is 9.58. The van der Waals surface area contributed by atoms with Crippen molar-refractivity contribution >= 4 is 34.5 Å². The lowest BCUT2D eigenvalue weighted by Crippen LogP contribution is -2.31. The maximum atomic E-state index is 13.1. The van der Waals surface area contributed by atoms with Crippen LogP contribution in [0.15, 0.2) is 77.8 Å². The minimum absolute atomic E-state index is 0.0968. The number of aromatic nitrogens is 2. The first-order chi connectivity index (χ1) is 16.2. The number of carbonyl (C=O) groups is 1. The molecule has 0 saturated carbocycles. The van der Waals surface area contributed by atoms with E-state index in [0.717, 1.165) is 41.0 Å². The summed E-state index contributed by atoms with van der Waals surface area (Å²) in [5.41, 5.74) is 4.40. The van der Waals surface area contributed by atoms with Crippen LogP contribution in [0.5, 0.6) is 0 Å². The fourth-order valence-corrected chi connectivity index (χ4v) is 4.79. The number of carbonyl (C=O) groups excluding carboxylic acids is 1. The van der Waals surface area contributed by atoms with Gasteiger partial charge >= 0.3 is 0 Å². The summed E-state index contributed by atoms with van der Waals surface area (Å²) in [5.74, 6) is 0.548. The zero-order valence-electron chi connectivity index (χ0n) is 18.0. The Kier molecular flexibility index (Phi) is 6.21. The minimum Gasteiger partial charge on any atom is -0.351 e. The van der Waals surface area contributed by atoms with E-state index in [9.17, 15) is 9.18 Å². The van der Waals surface area contributed by atoms with Crippen LogP contribution < -0.4 is 10.2 Å². The van der Waals surface area contributed by atoms with Crippen molar-refractivity contribution in [1.29, 1.82) is 0 Å². The Balaban J connectivity index is 1.31. The molecule has 1 aliphatic rings. The number of nitrogens with one attached hydrogen (secondary N) is 1. The van der Waals surface area contributed by atoms with E-state index in [1.54, 1.807) is 12.1 Å². The Bertz CT molecular complexity index is 1300. The van der Waals surface area contributed by atoms with E-state index < -0.39 is 0 Å². The molecule has 3 aromatic carbocycles. The van der Waals surface area contributed by atoms with E-state index in [-0.39, 0.29) is 17.5 Å². The summed E-state index contributed by atoms with van der Waals surface area (Å²) in [6.07, 6.45) is 0.959. The van der Waals surface area contributed by atoms with Crippen molar-refractivity contribution in [2.45, 2.75) is 24.5 Å². The molecule has 1 aromatic heterocycles. The van der Waals surface area contributed by atoms with Gasteiger partial charge < -0.3 is 10.2 Å². The van der Waals surface area contributed by atoms with Gasteiger partial charge in [0, 0.05) is 25.0 Å². The highest BCUT2D eigenvalue weighted by Crippen LogP contribution is 2.29. The Morgan fingerprint density at radius 1 is 0.970 bits per heavy atom. The van der Waals surface area contributed by atoms with Crippen molar-refractivity contribution in [3.8, 4) is 0 Å². The number of para-hydroxylation sites is 1. The highest BCUT2D eigenvalue weighted by Gasteiger charge is 2.20. The van der Waals surface area contributed by atoms with Gasteiger partial charge in [0.2, 0.25) is 11.9 Å². The van der Waals surface area contributed by atoms with Crippen LogP contribution in [0.2, 0.25) is 0 Å². The van der Waals surface area contributed by atoms with Crippen molar-refractivity contribution < 1.29 is 9.18 Å². The maximum Gasteiger partial charge on any atom is 0.230 e. The summed E-state index contributed by atoms with van der Waals surface area (Å²) >= 11 is 1.41. The molecule has 0 radical (unpaired) electrons.